The fraction of sp³-hybridized carbons (Fsp3) is 0.312. The Morgan fingerprint density at radius 3 is 2.45 bits per heavy atom. The van der Waals surface area contributed by atoms with E-state index in [-0.39, 0.29) is 11.8 Å². The Morgan fingerprint density at radius 1 is 1.18 bits per heavy atom. The third-order valence-electron chi connectivity index (χ3n) is 3.08. The SMILES string of the molecule is CC(=O)Oc1c(C)sc(=Nc2cc(C)ccc2C)n1C(C)=O. The topological polar surface area (TPSA) is 60.7 Å². The van der Waals surface area contributed by atoms with Crippen LogP contribution >= 0.6 is 11.3 Å². The Kier molecular flexibility index (Phi) is 4.61. The number of carbonyl (C=O) groups excluding carboxylic acids is 2. The van der Waals surface area contributed by atoms with Crippen molar-refractivity contribution in [2.24, 2.45) is 4.99 Å². The van der Waals surface area contributed by atoms with Crippen LogP contribution in [0.1, 0.15) is 34.6 Å². The monoisotopic (exact) mass is 318 g/mol. The lowest BCUT2D eigenvalue weighted by Gasteiger charge is -2.05. The van der Waals surface area contributed by atoms with Crippen LogP contribution in [-0.4, -0.2) is 16.4 Å². The first-order valence-corrected chi connectivity index (χ1v) is 7.65. The summed E-state index contributed by atoms with van der Waals surface area (Å²) in [5, 5.41) is 0. The van der Waals surface area contributed by atoms with Crippen molar-refractivity contribution in [3.05, 3.63) is 39.0 Å². The molecule has 116 valence electrons. The van der Waals surface area contributed by atoms with E-state index in [1.165, 1.54) is 29.8 Å². The minimum Gasteiger partial charge on any atom is -0.408 e. The second-order valence-corrected chi connectivity index (χ2v) is 6.28. The van der Waals surface area contributed by atoms with Crippen molar-refractivity contribution in [1.82, 2.24) is 4.57 Å². The van der Waals surface area contributed by atoms with Gasteiger partial charge < -0.3 is 4.74 Å². The van der Waals surface area contributed by atoms with Crippen LogP contribution in [-0.2, 0) is 4.79 Å². The third-order valence-corrected chi connectivity index (χ3v) is 4.01. The number of aryl methyl sites for hydroxylation is 3. The molecule has 0 saturated carbocycles. The molecule has 0 aliphatic heterocycles. The number of hydrogen-bond acceptors (Lipinski definition) is 5. The van der Waals surface area contributed by atoms with Crippen LogP contribution < -0.4 is 9.54 Å². The Bertz CT molecular complexity index is 815. The summed E-state index contributed by atoms with van der Waals surface area (Å²) in [6, 6.07) is 5.96. The highest BCUT2D eigenvalue weighted by atomic mass is 32.1. The maximum atomic E-state index is 11.9. The molecule has 1 aromatic heterocycles. The maximum absolute atomic E-state index is 11.9. The molecule has 0 aliphatic rings. The minimum atomic E-state index is -0.464. The number of ether oxygens (including phenoxy) is 1. The van der Waals surface area contributed by atoms with Gasteiger partial charge in [-0.25, -0.2) is 9.56 Å². The maximum Gasteiger partial charge on any atom is 0.309 e. The van der Waals surface area contributed by atoms with E-state index in [1.54, 1.807) is 6.92 Å². The first kappa shape index (κ1) is 16.2. The Hall–Kier alpha value is -2.21. The molecule has 22 heavy (non-hydrogen) atoms. The van der Waals surface area contributed by atoms with E-state index >= 15 is 0 Å². The molecule has 0 fully saturated rings. The second-order valence-electron chi connectivity index (χ2n) is 5.10. The predicted octanol–water partition coefficient (Wildman–Crippen LogP) is 3.29. The molecular formula is C16H18N2O3S. The standard InChI is InChI=1S/C16H18N2O3S/c1-9-6-7-10(2)14(8-9)17-16-18(12(4)19)15(11(3)22-16)21-13(5)20/h6-8H,1-5H3. The molecule has 2 rings (SSSR count). The molecule has 5 nitrogen and oxygen atoms in total. The molecule has 0 bridgehead atoms. The Balaban J connectivity index is 2.70. The minimum absolute atomic E-state index is 0.244. The van der Waals surface area contributed by atoms with Gasteiger partial charge in [-0.05, 0) is 38.0 Å². The van der Waals surface area contributed by atoms with Gasteiger partial charge in [-0.3, -0.25) is 9.59 Å². The average molecular weight is 318 g/mol. The fourth-order valence-electron chi connectivity index (χ4n) is 2.02. The number of nitrogens with zero attached hydrogens (tertiary/aromatic N) is 2. The van der Waals surface area contributed by atoms with Crippen molar-refractivity contribution >= 4 is 28.9 Å². The highest BCUT2D eigenvalue weighted by molar-refractivity contribution is 7.09. The summed E-state index contributed by atoms with van der Waals surface area (Å²) in [4.78, 5) is 29.0. The molecular weight excluding hydrogens is 300 g/mol. The number of benzene rings is 1. The van der Waals surface area contributed by atoms with Gasteiger partial charge in [0.2, 0.25) is 11.8 Å². The van der Waals surface area contributed by atoms with E-state index in [1.807, 2.05) is 32.0 Å². The van der Waals surface area contributed by atoms with Crippen LogP contribution in [0.5, 0.6) is 5.88 Å². The van der Waals surface area contributed by atoms with Gasteiger partial charge in [0, 0.05) is 13.8 Å². The van der Waals surface area contributed by atoms with E-state index in [9.17, 15) is 9.59 Å². The van der Waals surface area contributed by atoms with Gasteiger partial charge >= 0.3 is 5.97 Å². The van der Waals surface area contributed by atoms with Crippen molar-refractivity contribution < 1.29 is 14.3 Å². The summed E-state index contributed by atoms with van der Waals surface area (Å²) in [7, 11) is 0. The number of hydrogen-bond donors (Lipinski definition) is 0. The van der Waals surface area contributed by atoms with E-state index in [4.69, 9.17) is 4.74 Å². The number of carbonyl (C=O) groups is 2. The molecule has 0 radical (unpaired) electrons. The van der Waals surface area contributed by atoms with Crippen LogP contribution in [0.3, 0.4) is 0 Å². The largest absolute Gasteiger partial charge is 0.408 e. The molecule has 0 amide bonds. The lowest BCUT2D eigenvalue weighted by Crippen LogP contribution is -2.22. The summed E-state index contributed by atoms with van der Waals surface area (Å²) in [6.45, 7) is 8.47. The molecule has 0 aliphatic carbocycles. The summed E-state index contributed by atoms with van der Waals surface area (Å²) in [5.74, 6) is -0.465. The molecule has 0 spiro atoms. The zero-order valence-electron chi connectivity index (χ0n) is 13.3. The smallest absolute Gasteiger partial charge is 0.309 e. The van der Waals surface area contributed by atoms with Crippen LogP contribution in [0.4, 0.5) is 5.69 Å². The highest BCUT2D eigenvalue weighted by Gasteiger charge is 2.17. The zero-order valence-corrected chi connectivity index (χ0v) is 14.1. The van der Waals surface area contributed by atoms with Gasteiger partial charge in [-0.1, -0.05) is 23.5 Å². The number of esters is 1. The van der Waals surface area contributed by atoms with Crippen LogP contribution in [0.25, 0.3) is 0 Å². The molecule has 2 aromatic rings. The van der Waals surface area contributed by atoms with Crippen molar-refractivity contribution in [1.29, 1.82) is 0 Å². The first-order valence-electron chi connectivity index (χ1n) is 6.83. The third kappa shape index (κ3) is 3.33. The van der Waals surface area contributed by atoms with E-state index in [0.29, 0.717) is 4.80 Å². The van der Waals surface area contributed by atoms with Crippen molar-refractivity contribution in [3.63, 3.8) is 0 Å². The van der Waals surface area contributed by atoms with Gasteiger partial charge in [0.1, 0.15) is 0 Å². The van der Waals surface area contributed by atoms with Crippen molar-refractivity contribution in [2.75, 3.05) is 0 Å². The normalized spacial score (nSPS) is 11.6. The van der Waals surface area contributed by atoms with Crippen LogP contribution in [0.15, 0.2) is 23.2 Å². The van der Waals surface area contributed by atoms with Crippen molar-refractivity contribution in [2.45, 2.75) is 34.6 Å². The zero-order chi connectivity index (χ0) is 16.4. The Morgan fingerprint density at radius 2 is 1.86 bits per heavy atom. The molecule has 0 atom stereocenters. The lowest BCUT2D eigenvalue weighted by molar-refractivity contribution is -0.132. The number of thiazole rings is 1. The molecule has 1 heterocycles. The number of aromatic nitrogens is 1. The molecule has 0 saturated heterocycles. The molecule has 0 N–H and O–H groups in total. The van der Waals surface area contributed by atoms with Gasteiger partial charge in [-0.2, -0.15) is 0 Å². The van der Waals surface area contributed by atoms with Gasteiger partial charge in [0.25, 0.3) is 0 Å². The van der Waals surface area contributed by atoms with Crippen LogP contribution in [0, 0.1) is 20.8 Å². The predicted molar refractivity (Wildman–Crippen MR) is 85.8 cm³/mol. The van der Waals surface area contributed by atoms with E-state index in [2.05, 4.69) is 4.99 Å². The van der Waals surface area contributed by atoms with Gasteiger partial charge in [0.15, 0.2) is 4.80 Å². The number of rotatable bonds is 2. The quantitative estimate of drug-likeness (QED) is 0.798. The van der Waals surface area contributed by atoms with Crippen LogP contribution in [0.2, 0.25) is 0 Å². The summed E-state index contributed by atoms with van der Waals surface area (Å²) in [6.07, 6.45) is 0. The molecule has 1 aromatic carbocycles. The summed E-state index contributed by atoms with van der Waals surface area (Å²) < 4.78 is 6.50. The summed E-state index contributed by atoms with van der Waals surface area (Å²) >= 11 is 1.32. The Labute approximate surface area is 132 Å². The van der Waals surface area contributed by atoms with Gasteiger partial charge in [0.05, 0.1) is 10.6 Å². The van der Waals surface area contributed by atoms with E-state index in [0.717, 1.165) is 21.7 Å². The molecule has 6 heteroatoms. The fourth-order valence-corrected chi connectivity index (χ4v) is 2.96. The summed E-state index contributed by atoms with van der Waals surface area (Å²) in [5.41, 5.74) is 2.90. The highest BCUT2D eigenvalue weighted by Crippen LogP contribution is 2.23. The van der Waals surface area contributed by atoms with Gasteiger partial charge in [-0.15, -0.1) is 0 Å². The van der Waals surface area contributed by atoms with Crippen molar-refractivity contribution in [3.8, 4) is 5.88 Å². The first-order chi connectivity index (χ1) is 10.3. The average Bonchev–Trinajstić information content (AvgIpc) is 2.69. The lowest BCUT2D eigenvalue weighted by atomic mass is 10.1. The van der Waals surface area contributed by atoms with E-state index < -0.39 is 5.97 Å². The molecule has 0 unspecified atom stereocenters. The second kappa shape index (κ2) is 6.27.